The molecule has 0 amide bonds. The van der Waals surface area contributed by atoms with E-state index in [0.29, 0.717) is 11.6 Å². The van der Waals surface area contributed by atoms with Crippen LogP contribution in [0.2, 0.25) is 0 Å². The van der Waals surface area contributed by atoms with Crippen LogP contribution in [0.25, 0.3) is 49.3 Å². The summed E-state index contributed by atoms with van der Waals surface area (Å²) in [6, 6.07) is 7.36. The second-order valence-corrected chi connectivity index (χ2v) is 10.0. The van der Waals surface area contributed by atoms with Gasteiger partial charge in [0.2, 0.25) is 0 Å². The summed E-state index contributed by atoms with van der Waals surface area (Å²) in [5, 5.41) is 12.5. The number of hydrogen-bond donors (Lipinski definition) is 3. The molecule has 5 heterocycles. The van der Waals surface area contributed by atoms with E-state index in [1.54, 1.807) is 24.5 Å². The second kappa shape index (κ2) is 9.99. The van der Waals surface area contributed by atoms with E-state index in [1.807, 2.05) is 31.3 Å². The molecule has 5 rings (SSSR count). The zero-order valence-electron chi connectivity index (χ0n) is 20.9. The molecule has 0 aliphatic rings. The SMILES string of the molecule is C=C/C(=C\C(=C/C)c1cnc2n[nH]c(-c3cc4c(-c5ccc(F)s5)cncc4[nH]3)c2c1)NC(=C)C(C)C. The number of aromatic nitrogens is 5. The summed E-state index contributed by atoms with van der Waals surface area (Å²) in [5.41, 5.74) is 7.74. The Hall–Kier alpha value is -4.30. The molecule has 0 aliphatic carbocycles. The Labute approximate surface area is 218 Å². The van der Waals surface area contributed by atoms with Crippen molar-refractivity contribution < 1.29 is 4.39 Å². The van der Waals surface area contributed by atoms with E-state index in [9.17, 15) is 4.39 Å². The van der Waals surface area contributed by atoms with Crippen LogP contribution in [-0.2, 0) is 0 Å². The lowest BCUT2D eigenvalue weighted by atomic mass is 10.0. The van der Waals surface area contributed by atoms with Gasteiger partial charge in [-0.3, -0.25) is 10.1 Å². The molecule has 0 atom stereocenters. The maximum Gasteiger partial charge on any atom is 0.181 e. The van der Waals surface area contributed by atoms with Gasteiger partial charge in [0.05, 0.1) is 23.1 Å². The zero-order valence-corrected chi connectivity index (χ0v) is 21.7. The summed E-state index contributed by atoms with van der Waals surface area (Å²) < 4.78 is 13.7. The summed E-state index contributed by atoms with van der Waals surface area (Å²) in [5.74, 6) is 0.301. The predicted molar refractivity (Wildman–Crippen MR) is 151 cm³/mol. The van der Waals surface area contributed by atoms with Crippen molar-refractivity contribution in [3.63, 3.8) is 0 Å². The Balaban J connectivity index is 1.56. The van der Waals surface area contributed by atoms with Gasteiger partial charge in [0.25, 0.3) is 0 Å². The number of nitrogens with zero attached hydrogens (tertiary/aromatic N) is 3. The maximum atomic E-state index is 13.7. The first-order chi connectivity index (χ1) is 17.9. The van der Waals surface area contributed by atoms with Crippen molar-refractivity contribution in [2.75, 3.05) is 0 Å². The van der Waals surface area contributed by atoms with Gasteiger partial charge in [0.1, 0.15) is 0 Å². The van der Waals surface area contributed by atoms with Crippen molar-refractivity contribution in [1.29, 1.82) is 0 Å². The number of halogens is 1. The van der Waals surface area contributed by atoms with Crippen LogP contribution < -0.4 is 5.32 Å². The normalized spacial score (nSPS) is 12.6. The molecule has 0 fully saturated rings. The number of fused-ring (bicyclic) bond motifs is 2. The molecule has 186 valence electrons. The number of nitrogens with one attached hydrogen (secondary N) is 3. The lowest BCUT2D eigenvalue weighted by Gasteiger charge is -2.14. The van der Waals surface area contributed by atoms with Crippen LogP contribution in [-0.4, -0.2) is 25.1 Å². The molecular formula is C29H27FN6S. The summed E-state index contributed by atoms with van der Waals surface area (Å²) in [7, 11) is 0. The standard InChI is InChI=1S/C29H27FN6S/c1-6-18(10-20(7-2)33-17(5)16(3)4)19-11-22-28(35-36-29(22)32-13-19)24-12-21-23(14-31-15-25(21)34-24)26-8-9-27(30)37-26/h6-16,33-34H,2,5H2,1,3-4H3,(H,32,35,36)/b18-6+,20-10+. The molecule has 0 unspecified atom stereocenters. The van der Waals surface area contributed by atoms with Crippen LogP contribution in [0.3, 0.4) is 0 Å². The van der Waals surface area contributed by atoms with E-state index in [-0.39, 0.29) is 5.13 Å². The Kier molecular flexibility index (Phi) is 6.58. The summed E-state index contributed by atoms with van der Waals surface area (Å²) in [6.07, 6.45) is 11.2. The van der Waals surface area contributed by atoms with Gasteiger partial charge in [-0.1, -0.05) is 33.1 Å². The summed E-state index contributed by atoms with van der Waals surface area (Å²) >= 11 is 1.10. The van der Waals surface area contributed by atoms with E-state index in [2.05, 4.69) is 63.5 Å². The molecule has 8 heteroatoms. The number of rotatable bonds is 8. The monoisotopic (exact) mass is 510 g/mol. The number of pyridine rings is 2. The number of hydrogen-bond acceptors (Lipinski definition) is 5. The van der Waals surface area contributed by atoms with Gasteiger partial charge in [-0.25, -0.2) is 4.98 Å². The average molecular weight is 511 g/mol. The molecule has 0 aliphatic heterocycles. The van der Waals surface area contributed by atoms with E-state index >= 15 is 0 Å². The predicted octanol–water partition coefficient (Wildman–Crippen LogP) is 7.60. The Morgan fingerprint density at radius 3 is 2.70 bits per heavy atom. The molecule has 3 N–H and O–H groups in total. The van der Waals surface area contributed by atoms with Crippen molar-refractivity contribution in [2.45, 2.75) is 20.8 Å². The summed E-state index contributed by atoms with van der Waals surface area (Å²) in [4.78, 5) is 13.2. The Bertz CT molecular complexity index is 1700. The van der Waals surface area contributed by atoms with Crippen molar-refractivity contribution in [3.8, 4) is 21.8 Å². The van der Waals surface area contributed by atoms with Crippen molar-refractivity contribution in [2.24, 2.45) is 5.92 Å². The van der Waals surface area contributed by atoms with E-state index in [0.717, 1.165) is 72.0 Å². The zero-order chi connectivity index (χ0) is 26.1. The largest absolute Gasteiger partial charge is 0.359 e. The maximum absolute atomic E-state index is 13.7. The minimum Gasteiger partial charge on any atom is -0.359 e. The Morgan fingerprint density at radius 1 is 1.16 bits per heavy atom. The summed E-state index contributed by atoms with van der Waals surface area (Å²) in [6.45, 7) is 14.2. The molecule has 6 nitrogen and oxygen atoms in total. The fourth-order valence-electron chi connectivity index (χ4n) is 4.08. The Morgan fingerprint density at radius 2 is 2.00 bits per heavy atom. The molecule has 0 bridgehead atoms. The molecule has 37 heavy (non-hydrogen) atoms. The van der Waals surface area contributed by atoms with E-state index in [4.69, 9.17) is 0 Å². The smallest absolute Gasteiger partial charge is 0.181 e. The lowest BCUT2D eigenvalue weighted by Crippen LogP contribution is -2.14. The van der Waals surface area contributed by atoms with Crippen LogP contribution in [0.4, 0.5) is 4.39 Å². The number of aromatic amines is 2. The fraction of sp³-hybridized carbons (Fsp3) is 0.138. The van der Waals surface area contributed by atoms with Crippen LogP contribution in [0, 0.1) is 11.0 Å². The third-order valence-electron chi connectivity index (χ3n) is 6.24. The van der Waals surface area contributed by atoms with E-state index in [1.165, 1.54) is 6.07 Å². The number of thiophene rings is 1. The molecular weight excluding hydrogens is 483 g/mol. The molecule has 0 radical (unpaired) electrons. The van der Waals surface area contributed by atoms with Gasteiger partial charge in [-0.15, -0.1) is 11.3 Å². The molecule has 0 aromatic carbocycles. The minimum absolute atomic E-state index is 0.224. The first-order valence-corrected chi connectivity index (χ1v) is 12.7. The fourth-order valence-corrected chi connectivity index (χ4v) is 4.84. The highest BCUT2D eigenvalue weighted by atomic mass is 32.1. The van der Waals surface area contributed by atoms with Crippen LogP contribution in [0.5, 0.6) is 0 Å². The van der Waals surface area contributed by atoms with E-state index < -0.39 is 0 Å². The lowest BCUT2D eigenvalue weighted by molar-refractivity contribution is 0.657. The van der Waals surface area contributed by atoms with Crippen molar-refractivity contribution >= 4 is 38.8 Å². The van der Waals surface area contributed by atoms with Gasteiger partial charge in [0.15, 0.2) is 10.8 Å². The molecule has 5 aromatic rings. The topological polar surface area (TPSA) is 82.3 Å². The highest BCUT2D eigenvalue weighted by Gasteiger charge is 2.16. The minimum atomic E-state index is -0.224. The van der Waals surface area contributed by atoms with Gasteiger partial charge in [0, 0.05) is 50.6 Å². The van der Waals surface area contributed by atoms with Crippen molar-refractivity contribution in [3.05, 3.63) is 96.3 Å². The third kappa shape index (κ3) is 4.75. The van der Waals surface area contributed by atoms with Gasteiger partial charge in [-0.2, -0.15) is 9.49 Å². The third-order valence-corrected chi connectivity index (χ3v) is 7.15. The van der Waals surface area contributed by atoms with Crippen molar-refractivity contribution in [1.82, 2.24) is 30.5 Å². The first-order valence-electron chi connectivity index (χ1n) is 11.9. The first kappa shape index (κ1) is 24.4. The molecule has 0 saturated heterocycles. The number of H-pyrrole nitrogens is 2. The quantitative estimate of drug-likeness (QED) is 0.188. The van der Waals surface area contributed by atoms with Gasteiger partial charge >= 0.3 is 0 Å². The van der Waals surface area contributed by atoms with Gasteiger partial charge in [-0.05, 0) is 54.8 Å². The molecule has 0 saturated carbocycles. The van der Waals surface area contributed by atoms with Gasteiger partial charge < -0.3 is 10.3 Å². The highest BCUT2D eigenvalue weighted by molar-refractivity contribution is 7.14. The molecule has 0 spiro atoms. The highest BCUT2D eigenvalue weighted by Crippen LogP contribution is 2.36. The van der Waals surface area contributed by atoms with Crippen LogP contribution in [0.15, 0.2) is 85.6 Å². The van der Waals surface area contributed by atoms with Crippen LogP contribution in [0.1, 0.15) is 26.3 Å². The number of allylic oxidation sites excluding steroid dienone is 5. The van der Waals surface area contributed by atoms with Crippen LogP contribution >= 0.6 is 11.3 Å². The second-order valence-electron chi connectivity index (χ2n) is 8.98. The molecule has 5 aromatic heterocycles. The average Bonchev–Trinajstić information content (AvgIpc) is 3.63.